The topological polar surface area (TPSA) is 53.1 Å². The number of ether oxygens (including phenoxy) is 1. The molecule has 0 aliphatic carbocycles. The fourth-order valence-electron chi connectivity index (χ4n) is 2.32. The van der Waals surface area contributed by atoms with Crippen LogP contribution in [0.15, 0.2) is 12.4 Å². The fraction of sp³-hybridized carbons (Fsp3) is 0.750. The molecule has 90 valence electrons. The van der Waals surface area contributed by atoms with Gasteiger partial charge in [-0.25, -0.2) is 4.98 Å². The van der Waals surface area contributed by atoms with Crippen LogP contribution in [0, 0.1) is 0 Å². The van der Waals surface area contributed by atoms with Crippen molar-refractivity contribution in [1.29, 1.82) is 0 Å². The first-order valence-electron chi connectivity index (χ1n) is 6.05. The molecule has 2 rings (SSSR count). The zero-order valence-corrected chi connectivity index (χ0v) is 10.1. The Morgan fingerprint density at radius 3 is 3.12 bits per heavy atom. The van der Waals surface area contributed by atoms with Gasteiger partial charge < -0.3 is 15.0 Å². The molecule has 0 spiro atoms. The van der Waals surface area contributed by atoms with Crippen molar-refractivity contribution in [3.8, 4) is 0 Å². The molecule has 4 heteroatoms. The molecule has 0 bridgehead atoms. The highest BCUT2D eigenvalue weighted by Crippen LogP contribution is 2.28. The summed E-state index contributed by atoms with van der Waals surface area (Å²) >= 11 is 0. The third-order valence-electron chi connectivity index (χ3n) is 3.58. The second-order valence-electron chi connectivity index (χ2n) is 4.70. The molecule has 1 aromatic heterocycles. The maximum atomic E-state index is 6.25. The van der Waals surface area contributed by atoms with Gasteiger partial charge in [0, 0.05) is 38.0 Å². The number of nitrogens with two attached hydrogens (primary N) is 1. The summed E-state index contributed by atoms with van der Waals surface area (Å²) in [5.74, 6) is 1.06. The molecule has 4 nitrogen and oxygen atoms in total. The molecule has 1 saturated heterocycles. The molecular formula is C12H21N3O. The smallest absolute Gasteiger partial charge is 0.110 e. The number of aromatic nitrogens is 2. The summed E-state index contributed by atoms with van der Waals surface area (Å²) in [6, 6.07) is 0.0303. The Morgan fingerprint density at radius 1 is 1.69 bits per heavy atom. The van der Waals surface area contributed by atoms with Crippen LogP contribution in [0.3, 0.4) is 0 Å². The van der Waals surface area contributed by atoms with E-state index in [0.29, 0.717) is 0 Å². The third-order valence-corrected chi connectivity index (χ3v) is 3.58. The molecule has 0 aromatic carbocycles. The van der Waals surface area contributed by atoms with E-state index in [9.17, 15) is 0 Å². The first-order chi connectivity index (χ1) is 7.65. The third kappa shape index (κ3) is 2.13. The van der Waals surface area contributed by atoms with Crippen LogP contribution in [0.5, 0.6) is 0 Å². The van der Waals surface area contributed by atoms with Gasteiger partial charge in [-0.1, -0.05) is 0 Å². The Labute approximate surface area is 96.8 Å². The molecular weight excluding hydrogens is 202 g/mol. The standard InChI is InChI=1S/C12H21N3O/c1-3-15-7-6-14-11(15)9-10(13)12(2)5-4-8-16-12/h6-7,10H,3-5,8-9,13H2,1-2H3. The molecule has 1 aliphatic rings. The van der Waals surface area contributed by atoms with Crippen LogP contribution in [0.2, 0.25) is 0 Å². The number of hydrogen-bond acceptors (Lipinski definition) is 3. The molecule has 0 amide bonds. The summed E-state index contributed by atoms with van der Waals surface area (Å²) in [5, 5.41) is 0. The van der Waals surface area contributed by atoms with Crippen molar-refractivity contribution in [2.45, 2.75) is 51.3 Å². The quantitative estimate of drug-likeness (QED) is 0.838. The highest BCUT2D eigenvalue weighted by Gasteiger charge is 2.36. The summed E-state index contributed by atoms with van der Waals surface area (Å²) in [6.45, 7) is 6.01. The summed E-state index contributed by atoms with van der Waals surface area (Å²) in [6.07, 6.45) is 6.80. The zero-order valence-electron chi connectivity index (χ0n) is 10.1. The van der Waals surface area contributed by atoms with E-state index < -0.39 is 0 Å². The predicted octanol–water partition coefficient (Wildman–Crippen LogP) is 1.34. The van der Waals surface area contributed by atoms with Crippen LogP contribution in [-0.2, 0) is 17.7 Å². The van der Waals surface area contributed by atoms with Crippen molar-refractivity contribution in [3.05, 3.63) is 18.2 Å². The Hall–Kier alpha value is -0.870. The SMILES string of the molecule is CCn1ccnc1CC(N)C1(C)CCCO1. The van der Waals surface area contributed by atoms with Gasteiger partial charge in [0.05, 0.1) is 5.60 Å². The number of hydrogen-bond donors (Lipinski definition) is 1. The lowest BCUT2D eigenvalue weighted by Gasteiger charge is -2.30. The second-order valence-corrected chi connectivity index (χ2v) is 4.70. The van der Waals surface area contributed by atoms with E-state index in [1.54, 1.807) is 0 Å². The molecule has 16 heavy (non-hydrogen) atoms. The lowest BCUT2D eigenvalue weighted by atomic mass is 9.91. The average Bonchev–Trinajstić information content (AvgIpc) is 2.87. The van der Waals surface area contributed by atoms with E-state index in [1.807, 2.05) is 12.4 Å². The molecule has 2 unspecified atom stereocenters. The number of imidazole rings is 1. The minimum atomic E-state index is -0.162. The Kier molecular flexibility index (Phi) is 3.30. The lowest BCUT2D eigenvalue weighted by Crippen LogP contribution is -2.46. The predicted molar refractivity (Wildman–Crippen MR) is 63.2 cm³/mol. The lowest BCUT2D eigenvalue weighted by molar-refractivity contribution is -0.00153. The van der Waals surface area contributed by atoms with Crippen LogP contribution in [0.25, 0.3) is 0 Å². The number of nitrogens with zero attached hydrogens (tertiary/aromatic N) is 2. The Bertz CT molecular complexity index is 342. The van der Waals surface area contributed by atoms with Gasteiger partial charge in [-0.2, -0.15) is 0 Å². The Morgan fingerprint density at radius 2 is 2.50 bits per heavy atom. The minimum absolute atomic E-state index is 0.0303. The van der Waals surface area contributed by atoms with Crippen molar-refractivity contribution in [2.75, 3.05) is 6.61 Å². The first kappa shape index (κ1) is 11.6. The summed E-state index contributed by atoms with van der Waals surface area (Å²) in [7, 11) is 0. The maximum Gasteiger partial charge on any atom is 0.110 e. The molecule has 1 aliphatic heterocycles. The van der Waals surface area contributed by atoms with Crippen molar-refractivity contribution in [1.82, 2.24) is 9.55 Å². The van der Waals surface area contributed by atoms with E-state index in [1.165, 1.54) is 0 Å². The van der Waals surface area contributed by atoms with Crippen molar-refractivity contribution in [3.63, 3.8) is 0 Å². The van der Waals surface area contributed by atoms with E-state index in [-0.39, 0.29) is 11.6 Å². The Balaban J connectivity index is 2.04. The van der Waals surface area contributed by atoms with Crippen LogP contribution in [0.1, 0.15) is 32.5 Å². The van der Waals surface area contributed by atoms with Gasteiger partial charge in [0.15, 0.2) is 0 Å². The van der Waals surface area contributed by atoms with Crippen LogP contribution in [-0.4, -0.2) is 27.8 Å². The number of aryl methyl sites for hydroxylation is 1. The summed E-state index contributed by atoms with van der Waals surface area (Å²) in [5.41, 5.74) is 6.09. The van der Waals surface area contributed by atoms with E-state index in [4.69, 9.17) is 10.5 Å². The average molecular weight is 223 g/mol. The molecule has 2 N–H and O–H groups in total. The molecule has 1 fully saturated rings. The minimum Gasteiger partial charge on any atom is -0.374 e. The highest BCUT2D eigenvalue weighted by molar-refractivity contribution is 5.01. The molecule has 0 saturated carbocycles. The van der Waals surface area contributed by atoms with Crippen molar-refractivity contribution < 1.29 is 4.74 Å². The van der Waals surface area contributed by atoms with Gasteiger partial charge >= 0.3 is 0 Å². The first-order valence-corrected chi connectivity index (χ1v) is 6.05. The summed E-state index contributed by atoms with van der Waals surface area (Å²) in [4.78, 5) is 4.36. The van der Waals surface area contributed by atoms with Gasteiger partial charge in [0.2, 0.25) is 0 Å². The molecule has 0 radical (unpaired) electrons. The highest BCUT2D eigenvalue weighted by atomic mass is 16.5. The van der Waals surface area contributed by atoms with Gasteiger partial charge in [0.25, 0.3) is 0 Å². The monoisotopic (exact) mass is 223 g/mol. The maximum absolute atomic E-state index is 6.25. The summed E-state index contributed by atoms with van der Waals surface area (Å²) < 4.78 is 7.90. The van der Waals surface area contributed by atoms with Gasteiger partial charge in [0.1, 0.15) is 5.82 Å². The molecule has 2 atom stereocenters. The van der Waals surface area contributed by atoms with Gasteiger partial charge in [-0.05, 0) is 26.7 Å². The fourth-order valence-corrected chi connectivity index (χ4v) is 2.32. The second kappa shape index (κ2) is 4.55. The normalized spacial score (nSPS) is 27.2. The van der Waals surface area contributed by atoms with Crippen LogP contribution in [0.4, 0.5) is 0 Å². The van der Waals surface area contributed by atoms with Crippen LogP contribution >= 0.6 is 0 Å². The number of rotatable bonds is 4. The molecule has 1 aromatic rings. The van der Waals surface area contributed by atoms with E-state index in [2.05, 4.69) is 23.4 Å². The van der Waals surface area contributed by atoms with Crippen molar-refractivity contribution in [2.24, 2.45) is 5.73 Å². The van der Waals surface area contributed by atoms with E-state index in [0.717, 1.165) is 38.2 Å². The van der Waals surface area contributed by atoms with Crippen LogP contribution < -0.4 is 5.73 Å². The van der Waals surface area contributed by atoms with Gasteiger partial charge in [-0.3, -0.25) is 0 Å². The molecule has 2 heterocycles. The largest absolute Gasteiger partial charge is 0.374 e. The zero-order chi connectivity index (χ0) is 11.6. The van der Waals surface area contributed by atoms with E-state index >= 15 is 0 Å². The van der Waals surface area contributed by atoms with Crippen molar-refractivity contribution >= 4 is 0 Å². The van der Waals surface area contributed by atoms with Gasteiger partial charge in [-0.15, -0.1) is 0 Å².